The summed E-state index contributed by atoms with van der Waals surface area (Å²) >= 11 is 0. The van der Waals surface area contributed by atoms with Crippen molar-refractivity contribution in [3.05, 3.63) is 18.2 Å². The standard InChI is InChI=1S/C15H26N4O3/c1-11(2)18-13(20)9-19-10-16-8-12(19)6-7-17-14(21)22-15(3,4)5/h8,10-11H,6-7,9H2,1-5H3,(H,17,21)(H,18,20). The second-order valence-electron chi connectivity index (χ2n) is 6.41. The molecule has 0 unspecified atom stereocenters. The van der Waals surface area contributed by atoms with Crippen LogP contribution in [0.3, 0.4) is 0 Å². The number of rotatable bonds is 6. The molecule has 0 spiro atoms. The van der Waals surface area contributed by atoms with Crippen molar-refractivity contribution in [2.24, 2.45) is 0 Å². The average Bonchev–Trinajstić information content (AvgIpc) is 2.73. The molecule has 0 aliphatic heterocycles. The zero-order valence-electron chi connectivity index (χ0n) is 14.0. The van der Waals surface area contributed by atoms with Crippen LogP contribution in [0.15, 0.2) is 12.5 Å². The molecule has 22 heavy (non-hydrogen) atoms. The summed E-state index contributed by atoms with van der Waals surface area (Å²) in [6.45, 7) is 9.92. The molecule has 1 aromatic rings. The van der Waals surface area contributed by atoms with E-state index in [0.717, 1.165) is 5.69 Å². The number of hydrogen-bond acceptors (Lipinski definition) is 4. The fourth-order valence-electron chi connectivity index (χ4n) is 1.83. The third-order valence-electron chi connectivity index (χ3n) is 2.61. The van der Waals surface area contributed by atoms with Gasteiger partial charge in [0, 0.05) is 30.9 Å². The largest absolute Gasteiger partial charge is 0.444 e. The van der Waals surface area contributed by atoms with Gasteiger partial charge in [-0.3, -0.25) is 4.79 Å². The summed E-state index contributed by atoms with van der Waals surface area (Å²) in [4.78, 5) is 27.4. The third kappa shape index (κ3) is 7.10. The van der Waals surface area contributed by atoms with Gasteiger partial charge in [0.25, 0.3) is 0 Å². The lowest BCUT2D eigenvalue weighted by atomic mass is 10.2. The fourth-order valence-corrected chi connectivity index (χ4v) is 1.83. The van der Waals surface area contributed by atoms with Crippen LogP contribution in [0.5, 0.6) is 0 Å². The minimum absolute atomic E-state index is 0.0608. The Morgan fingerprint density at radius 3 is 2.64 bits per heavy atom. The first-order valence-corrected chi connectivity index (χ1v) is 7.42. The number of imidazole rings is 1. The molecular formula is C15H26N4O3. The van der Waals surface area contributed by atoms with Gasteiger partial charge < -0.3 is 19.9 Å². The van der Waals surface area contributed by atoms with E-state index >= 15 is 0 Å². The fraction of sp³-hybridized carbons (Fsp3) is 0.667. The molecule has 1 heterocycles. The van der Waals surface area contributed by atoms with E-state index in [1.807, 2.05) is 34.6 Å². The lowest BCUT2D eigenvalue weighted by Crippen LogP contribution is -2.34. The molecule has 0 fully saturated rings. The summed E-state index contributed by atoms with van der Waals surface area (Å²) in [5, 5.41) is 5.52. The minimum Gasteiger partial charge on any atom is -0.444 e. The van der Waals surface area contributed by atoms with Crippen molar-refractivity contribution < 1.29 is 14.3 Å². The Morgan fingerprint density at radius 1 is 1.36 bits per heavy atom. The summed E-state index contributed by atoms with van der Waals surface area (Å²) < 4.78 is 6.93. The number of alkyl carbamates (subject to hydrolysis) is 1. The van der Waals surface area contributed by atoms with E-state index in [2.05, 4.69) is 15.6 Å². The number of carbonyl (C=O) groups is 2. The molecule has 0 radical (unpaired) electrons. The Labute approximate surface area is 131 Å². The van der Waals surface area contributed by atoms with Gasteiger partial charge in [-0.15, -0.1) is 0 Å². The second kappa shape index (κ2) is 7.82. The molecule has 2 amide bonds. The normalized spacial score (nSPS) is 11.4. The van der Waals surface area contributed by atoms with Crippen molar-refractivity contribution in [1.82, 2.24) is 20.2 Å². The quantitative estimate of drug-likeness (QED) is 0.833. The zero-order chi connectivity index (χ0) is 16.8. The van der Waals surface area contributed by atoms with Crippen LogP contribution < -0.4 is 10.6 Å². The molecular weight excluding hydrogens is 284 g/mol. The Bertz CT molecular complexity index is 503. The molecule has 7 heteroatoms. The molecule has 0 aliphatic carbocycles. The molecule has 0 aliphatic rings. The lowest BCUT2D eigenvalue weighted by molar-refractivity contribution is -0.122. The first-order chi connectivity index (χ1) is 10.2. The van der Waals surface area contributed by atoms with E-state index in [1.54, 1.807) is 17.1 Å². The first-order valence-electron chi connectivity index (χ1n) is 7.42. The highest BCUT2D eigenvalue weighted by Gasteiger charge is 2.15. The maximum absolute atomic E-state index is 11.8. The van der Waals surface area contributed by atoms with Crippen LogP contribution >= 0.6 is 0 Å². The zero-order valence-corrected chi connectivity index (χ0v) is 14.0. The van der Waals surface area contributed by atoms with E-state index in [-0.39, 0.29) is 18.5 Å². The Hall–Kier alpha value is -2.05. The molecule has 1 aromatic heterocycles. The number of hydrogen-bond donors (Lipinski definition) is 2. The molecule has 124 valence electrons. The van der Waals surface area contributed by atoms with Gasteiger partial charge in [-0.05, 0) is 34.6 Å². The highest BCUT2D eigenvalue weighted by molar-refractivity contribution is 5.76. The van der Waals surface area contributed by atoms with Crippen LogP contribution in [-0.4, -0.2) is 39.7 Å². The smallest absolute Gasteiger partial charge is 0.407 e. The van der Waals surface area contributed by atoms with Gasteiger partial charge in [0.15, 0.2) is 0 Å². The number of aromatic nitrogens is 2. The number of nitrogens with zero attached hydrogens (tertiary/aromatic N) is 2. The summed E-state index contributed by atoms with van der Waals surface area (Å²) in [5.74, 6) is -0.0608. The maximum Gasteiger partial charge on any atom is 0.407 e. The molecule has 0 saturated carbocycles. The van der Waals surface area contributed by atoms with Crippen molar-refractivity contribution in [3.8, 4) is 0 Å². The minimum atomic E-state index is -0.513. The number of carbonyl (C=O) groups excluding carboxylic acids is 2. The molecule has 7 nitrogen and oxygen atoms in total. The predicted molar refractivity (Wildman–Crippen MR) is 83.4 cm³/mol. The van der Waals surface area contributed by atoms with Crippen molar-refractivity contribution in [2.75, 3.05) is 6.54 Å². The number of ether oxygens (including phenoxy) is 1. The lowest BCUT2D eigenvalue weighted by Gasteiger charge is -2.19. The van der Waals surface area contributed by atoms with E-state index in [1.165, 1.54) is 0 Å². The Kier molecular flexibility index (Phi) is 6.39. The number of nitrogens with one attached hydrogen (secondary N) is 2. The highest BCUT2D eigenvalue weighted by atomic mass is 16.6. The first kappa shape index (κ1) is 18.0. The summed E-state index contributed by atoms with van der Waals surface area (Å²) in [7, 11) is 0. The van der Waals surface area contributed by atoms with Crippen molar-refractivity contribution in [1.29, 1.82) is 0 Å². The highest BCUT2D eigenvalue weighted by Crippen LogP contribution is 2.06. The summed E-state index contributed by atoms with van der Waals surface area (Å²) in [6, 6.07) is 0.105. The monoisotopic (exact) mass is 310 g/mol. The van der Waals surface area contributed by atoms with Gasteiger partial charge in [0.05, 0.1) is 6.33 Å². The van der Waals surface area contributed by atoms with Crippen LogP contribution in [-0.2, 0) is 22.5 Å². The van der Waals surface area contributed by atoms with E-state index < -0.39 is 11.7 Å². The van der Waals surface area contributed by atoms with Crippen molar-refractivity contribution in [3.63, 3.8) is 0 Å². The maximum atomic E-state index is 11.8. The van der Waals surface area contributed by atoms with Gasteiger partial charge in [0.1, 0.15) is 12.1 Å². The summed E-state index contributed by atoms with van der Waals surface area (Å²) in [6.07, 6.45) is 3.44. The van der Waals surface area contributed by atoms with E-state index in [0.29, 0.717) is 13.0 Å². The molecule has 1 rings (SSSR count). The predicted octanol–water partition coefficient (Wildman–Crippen LogP) is 1.47. The van der Waals surface area contributed by atoms with Gasteiger partial charge in [0.2, 0.25) is 5.91 Å². The molecule has 0 atom stereocenters. The van der Waals surface area contributed by atoms with Crippen molar-refractivity contribution >= 4 is 12.0 Å². The molecule has 0 aromatic carbocycles. The topological polar surface area (TPSA) is 85.3 Å². The Balaban J connectivity index is 2.43. The van der Waals surface area contributed by atoms with E-state index in [4.69, 9.17) is 4.74 Å². The average molecular weight is 310 g/mol. The molecule has 2 N–H and O–H groups in total. The van der Waals surface area contributed by atoms with Crippen LogP contribution in [0, 0.1) is 0 Å². The van der Waals surface area contributed by atoms with Crippen LogP contribution in [0.25, 0.3) is 0 Å². The van der Waals surface area contributed by atoms with E-state index in [9.17, 15) is 9.59 Å². The van der Waals surface area contributed by atoms with Gasteiger partial charge in [-0.2, -0.15) is 0 Å². The second-order valence-corrected chi connectivity index (χ2v) is 6.41. The van der Waals surface area contributed by atoms with Gasteiger partial charge in [-0.1, -0.05) is 0 Å². The number of amides is 2. The summed E-state index contributed by atoms with van der Waals surface area (Å²) in [5.41, 5.74) is 0.371. The molecule has 0 bridgehead atoms. The third-order valence-corrected chi connectivity index (χ3v) is 2.61. The molecule has 0 saturated heterocycles. The van der Waals surface area contributed by atoms with Crippen LogP contribution in [0.1, 0.15) is 40.3 Å². The van der Waals surface area contributed by atoms with Crippen molar-refractivity contribution in [2.45, 2.75) is 59.2 Å². The van der Waals surface area contributed by atoms with Crippen LogP contribution in [0.4, 0.5) is 4.79 Å². The van der Waals surface area contributed by atoms with Crippen LogP contribution in [0.2, 0.25) is 0 Å². The Morgan fingerprint density at radius 2 is 2.05 bits per heavy atom. The SMILES string of the molecule is CC(C)NC(=O)Cn1cncc1CCNC(=O)OC(C)(C)C. The van der Waals surface area contributed by atoms with Gasteiger partial charge in [-0.25, -0.2) is 9.78 Å². The van der Waals surface area contributed by atoms with Gasteiger partial charge >= 0.3 is 6.09 Å².